The number of hydrogen-bond donors (Lipinski definition) is 1. The molecule has 5 nitrogen and oxygen atoms in total. The fourth-order valence-electron chi connectivity index (χ4n) is 1.30. The summed E-state index contributed by atoms with van der Waals surface area (Å²) in [6.45, 7) is 0. The van der Waals surface area contributed by atoms with E-state index in [4.69, 9.17) is 5.84 Å². The van der Waals surface area contributed by atoms with E-state index in [-0.39, 0.29) is 5.91 Å². The Balaban J connectivity index is 2.52. The monoisotopic (exact) mass is 202 g/mol. The maximum absolute atomic E-state index is 11.5. The van der Waals surface area contributed by atoms with Crippen molar-refractivity contribution in [2.24, 2.45) is 5.84 Å². The average molecular weight is 202 g/mol. The molecule has 1 heterocycles. The zero-order chi connectivity index (χ0) is 10.8. The van der Waals surface area contributed by atoms with Crippen molar-refractivity contribution in [3.8, 4) is 0 Å². The van der Waals surface area contributed by atoms with Gasteiger partial charge in [-0.15, -0.1) is 0 Å². The van der Waals surface area contributed by atoms with Crippen LogP contribution < -0.4 is 5.84 Å². The molecule has 0 bridgehead atoms. The van der Waals surface area contributed by atoms with Gasteiger partial charge in [-0.2, -0.15) is 0 Å². The van der Waals surface area contributed by atoms with E-state index in [1.807, 2.05) is 0 Å². The third-order valence-electron chi connectivity index (χ3n) is 2.04. The third kappa shape index (κ3) is 1.77. The highest BCUT2D eigenvalue weighted by molar-refractivity contribution is 5.96. The first-order chi connectivity index (χ1) is 7.18. The fraction of sp³-hybridized carbons (Fsp3) is 0.100. The number of carbonyl (C=O) groups excluding carboxylic acids is 1. The summed E-state index contributed by atoms with van der Waals surface area (Å²) in [5.74, 6) is 5.11. The summed E-state index contributed by atoms with van der Waals surface area (Å²) in [7, 11) is 1.50. The molecule has 2 rings (SSSR count). The highest BCUT2D eigenvalue weighted by Crippen LogP contribution is 2.11. The Morgan fingerprint density at radius 1 is 1.27 bits per heavy atom. The molecular formula is C10H10N4O. The lowest BCUT2D eigenvalue weighted by atomic mass is 10.2. The molecule has 0 spiro atoms. The number of nitrogens with zero attached hydrogens (tertiary/aromatic N) is 3. The van der Waals surface area contributed by atoms with Gasteiger partial charge in [0.2, 0.25) is 0 Å². The Hall–Kier alpha value is -2.01. The van der Waals surface area contributed by atoms with Gasteiger partial charge in [0, 0.05) is 25.0 Å². The van der Waals surface area contributed by atoms with Gasteiger partial charge < -0.3 is 0 Å². The predicted molar refractivity (Wildman–Crippen MR) is 55.8 cm³/mol. The highest BCUT2D eigenvalue weighted by Gasteiger charge is 2.09. The average Bonchev–Trinajstić information content (AvgIpc) is 2.27. The SMILES string of the molecule is CN(N)C(=O)c1ccc2nccnc2c1. The number of hydrazine groups is 1. The largest absolute Gasteiger partial charge is 0.280 e. The van der Waals surface area contributed by atoms with Gasteiger partial charge in [0.05, 0.1) is 11.0 Å². The van der Waals surface area contributed by atoms with Gasteiger partial charge in [-0.3, -0.25) is 19.8 Å². The van der Waals surface area contributed by atoms with Crippen LogP contribution in [-0.2, 0) is 0 Å². The molecule has 0 aliphatic carbocycles. The molecule has 0 fully saturated rings. The van der Waals surface area contributed by atoms with Crippen LogP contribution in [-0.4, -0.2) is 27.9 Å². The zero-order valence-corrected chi connectivity index (χ0v) is 8.21. The Kier molecular flexibility index (Phi) is 2.31. The molecule has 0 atom stereocenters. The quantitative estimate of drug-likeness (QED) is 0.417. The van der Waals surface area contributed by atoms with Crippen LogP contribution in [0.3, 0.4) is 0 Å². The minimum Gasteiger partial charge on any atom is -0.280 e. The Morgan fingerprint density at radius 3 is 2.60 bits per heavy atom. The van der Waals surface area contributed by atoms with E-state index < -0.39 is 0 Å². The lowest BCUT2D eigenvalue weighted by molar-refractivity contribution is 0.0795. The summed E-state index contributed by atoms with van der Waals surface area (Å²) in [6, 6.07) is 5.11. The van der Waals surface area contributed by atoms with Crippen molar-refractivity contribution in [3.63, 3.8) is 0 Å². The molecule has 1 aromatic carbocycles. The second kappa shape index (κ2) is 3.62. The minimum absolute atomic E-state index is 0.248. The summed E-state index contributed by atoms with van der Waals surface area (Å²) in [6.07, 6.45) is 3.20. The van der Waals surface area contributed by atoms with Gasteiger partial charge in [-0.1, -0.05) is 0 Å². The molecular weight excluding hydrogens is 192 g/mol. The molecule has 5 heteroatoms. The molecule has 0 aliphatic heterocycles. The zero-order valence-electron chi connectivity index (χ0n) is 8.21. The molecule has 0 aliphatic rings. The predicted octanol–water partition coefficient (Wildman–Crippen LogP) is 0.576. The number of nitrogens with two attached hydrogens (primary N) is 1. The van der Waals surface area contributed by atoms with Crippen LogP contribution in [0.15, 0.2) is 30.6 Å². The van der Waals surface area contributed by atoms with E-state index in [0.29, 0.717) is 11.1 Å². The minimum atomic E-state index is -0.248. The summed E-state index contributed by atoms with van der Waals surface area (Å²) in [5, 5.41) is 1.04. The van der Waals surface area contributed by atoms with E-state index in [1.165, 1.54) is 7.05 Å². The maximum atomic E-state index is 11.5. The van der Waals surface area contributed by atoms with Gasteiger partial charge in [0.25, 0.3) is 5.91 Å². The molecule has 2 aromatic rings. The molecule has 2 N–H and O–H groups in total. The summed E-state index contributed by atoms with van der Waals surface area (Å²) in [4.78, 5) is 19.8. The molecule has 1 amide bonds. The lowest BCUT2D eigenvalue weighted by Gasteiger charge is -2.09. The van der Waals surface area contributed by atoms with Crippen LogP contribution >= 0.6 is 0 Å². The first-order valence-electron chi connectivity index (χ1n) is 4.42. The summed E-state index contributed by atoms with van der Waals surface area (Å²) in [5.41, 5.74) is 1.95. The van der Waals surface area contributed by atoms with E-state index in [2.05, 4.69) is 9.97 Å². The molecule has 76 valence electrons. The van der Waals surface area contributed by atoms with Gasteiger partial charge in [-0.25, -0.2) is 5.84 Å². The molecule has 0 saturated carbocycles. The maximum Gasteiger partial charge on any atom is 0.267 e. The van der Waals surface area contributed by atoms with E-state index in [0.717, 1.165) is 10.5 Å². The Morgan fingerprint density at radius 2 is 1.93 bits per heavy atom. The second-order valence-corrected chi connectivity index (χ2v) is 3.18. The molecule has 1 aromatic heterocycles. The standard InChI is InChI=1S/C10H10N4O/c1-14(11)10(15)7-2-3-8-9(6-7)13-5-4-12-8/h2-6H,11H2,1H3. The van der Waals surface area contributed by atoms with Crippen molar-refractivity contribution in [1.82, 2.24) is 15.0 Å². The van der Waals surface area contributed by atoms with Crippen LogP contribution in [0.25, 0.3) is 11.0 Å². The number of hydrogen-bond acceptors (Lipinski definition) is 4. The van der Waals surface area contributed by atoms with Crippen LogP contribution in [0.4, 0.5) is 0 Å². The number of carbonyl (C=O) groups is 1. The van der Waals surface area contributed by atoms with Crippen LogP contribution in [0, 0.1) is 0 Å². The lowest BCUT2D eigenvalue weighted by Crippen LogP contribution is -2.33. The van der Waals surface area contributed by atoms with E-state index in [9.17, 15) is 4.79 Å². The number of benzene rings is 1. The molecule has 15 heavy (non-hydrogen) atoms. The van der Waals surface area contributed by atoms with Crippen LogP contribution in [0.2, 0.25) is 0 Å². The fourth-order valence-corrected chi connectivity index (χ4v) is 1.30. The summed E-state index contributed by atoms with van der Waals surface area (Å²) >= 11 is 0. The molecule has 0 radical (unpaired) electrons. The number of aromatic nitrogens is 2. The number of fused-ring (bicyclic) bond motifs is 1. The second-order valence-electron chi connectivity index (χ2n) is 3.18. The van der Waals surface area contributed by atoms with E-state index >= 15 is 0 Å². The van der Waals surface area contributed by atoms with Gasteiger partial charge >= 0.3 is 0 Å². The van der Waals surface area contributed by atoms with Crippen molar-refractivity contribution in [1.29, 1.82) is 0 Å². The van der Waals surface area contributed by atoms with Crippen LogP contribution in [0.5, 0.6) is 0 Å². The normalized spacial score (nSPS) is 10.3. The van der Waals surface area contributed by atoms with Crippen LogP contribution in [0.1, 0.15) is 10.4 Å². The highest BCUT2D eigenvalue weighted by atomic mass is 16.2. The van der Waals surface area contributed by atoms with Crippen molar-refractivity contribution in [3.05, 3.63) is 36.2 Å². The van der Waals surface area contributed by atoms with Crippen molar-refractivity contribution < 1.29 is 4.79 Å². The first-order valence-corrected chi connectivity index (χ1v) is 4.42. The van der Waals surface area contributed by atoms with Gasteiger partial charge in [0.1, 0.15) is 0 Å². The number of amides is 1. The van der Waals surface area contributed by atoms with Crippen molar-refractivity contribution >= 4 is 16.9 Å². The number of rotatable bonds is 1. The van der Waals surface area contributed by atoms with Crippen molar-refractivity contribution in [2.45, 2.75) is 0 Å². The van der Waals surface area contributed by atoms with E-state index in [1.54, 1.807) is 30.6 Å². The van der Waals surface area contributed by atoms with Crippen molar-refractivity contribution in [2.75, 3.05) is 7.05 Å². The van der Waals surface area contributed by atoms with Gasteiger partial charge in [0.15, 0.2) is 0 Å². The summed E-state index contributed by atoms with van der Waals surface area (Å²) < 4.78 is 0. The Labute approximate surface area is 86.5 Å². The molecule has 0 unspecified atom stereocenters. The topological polar surface area (TPSA) is 72.1 Å². The Bertz CT molecular complexity index is 510. The smallest absolute Gasteiger partial charge is 0.267 e. The third-order valence-corrected chi connectivity index (χ3v) is 2.04. The molecule has 0 saturated heterocycles. The first kappa shape index (κ1) is 9.54. The van der Waals surface area contributed by atoms with Gasteiger partial charge in [-0.05, 0) is 18.2 Å².